The number of methoxy groups -OCH3 is 1. The fraction of sp³-hybridized carbons (Fsp3) is 0.235. The van der Waals surface area contributed by atoms with E-state index < -0.39 is 6.04 Å². The number of anilines is 1. The topological polar surface area (TPSA) is 99.0 Å². The fourth-order valence-electron chi connectivity index (χ4n) is 2.29. The minimum absolute atomic E-state index is 0.363. The number of benzene rings is 1. The summed E-state index contributed by atoms with van der Waals surface area (Å²) in [4.78, 5) is 24.6. The van der Waals surface area contributed by atoms with Gasteiger partial charge in [-0.3, -0.25) is 14.9 Å². The number of nitrogens with zero attached hydrogens (tertiary/aromatic N) is 4. The maximum atomic E-state index is 12.4. The Morgan fingerprint density at radius 3 is 2.54 bits per heavy atom. The fourth-order valence-corrected chi connectivity index (χ4v) is 2.88. The van der Waals surface area contributed by atoms with Crippen molar-refractivity contribution in [1.29, 1.82) is 0 Å². The molecule has 0 aliphatic carbocycles. The maximum absolute atomic E-state index is 12.4. The number of rotatable bonds is 5. The highest BCUT2D eigenvalue weighted by atomic mass is 32.1. The highest BCUT2D eigenvalue weighted by Gasteiger charge is 2.19. The number of aromatic nitrogens is 4. The quantitative estimate of drug-likeness (QED) is 0.739. The molecule has 1 aromatic carbocycles. The smallest absolute Gasteiger partial charge is 0.267 e. The Morgan fingerprint density at radius 2 is 1.92 bits per heavy atom. The van der Waals surface area contributed by atoms with Crippen LogP contribution in [0.15, 0.2) is 41.2 Å². The lowest BCUT2D eigenvalue weighted by Crippen LogP contribution is -2.33. The van der Waals surface area contributed by atoms with Gasteiger partial charge >= 0.3 is 0 Å². The Hall–Kier alpha value is -3.07. The van der Waals surface area contributed by atoms with Crippen LogP contribution in [0, 0.1) is 6.92 Å². The van der Waals surface area contributed by atoms with Gasteiger partial charge in [0.25, 0.3) is 11.5 Å². The second-order valence-electron chi connectivity index (χ2n) is 5.52. The number of hydrogen-bond acceptors (Lipinski definition) is 7. The normalized spacial score (nSPS) is 11.8. The molecule has 134 valence electrons. The zero-order valence-corrected chi connectivity index (χ0v) is 15.3. The van der Waals surface area contributed by atoms with Gasteiger partial charge in [-0.2, -0.15) is 5.10 Å². The third-order valence-corrected chi connectivity index (χ3v) is 4.47. The van der Waals surface area contributed by atoms with Crippen molar-refractivity contribution in [3.8, 4) is 17.0 Å². The molecule has 0 fully saturated rings. The third kappa shape index (κ3) is 3.77. The second-order valence-corrected chi connectivity index (χ2v) is 6.70. The molecule has 2 heterocycles. The average Bonchev–Trinajstić information content (AvgIpc) is 3.06. The number of ether oxygens (including phenoxy) is 1. The molecule has 0 aliphatic rings. The van der Waals surface area contributed by atoms with Gasteiger partial charge in [-0.1, -0.05) is 11.3 Å². The van der Waals surface area contributed by atoms with Crippen molar-refractivity contribution in [3.05, 3.63) is 51.8 Å². The zero-order valence-electron chi connectivity index (χ0n) is 14.5. The lowest BCUT2D eigenvalue weighted by molar-refractivity contribution is -0.119. The van der Waals surface area contributed by atoms with Crippen LogP contribution in [0.2, 0.25) is 0 Å². The molecule has 1 unspecified atom stereocenters. The summed E-state index contributed by atoms with van der Waals surface area (Å²) < 4.78 is 6.29. The Balaban J connectivity index is 1.86. The molecular weight excluding hydrogens is 354 g/mol. The van der Waals surface area contributed by atoms with Crippen molar-refractivity contribution in [1.82, 2.24) is 20.0 Å². The van der Waals surface area contributed by atoms with E-state index in [1.807, 2.05) is 12.1 Å². The van der Waals surface area contributed by atoms with E-state index in [0.717, 1.165) is 21.0 Å². The molecule has 0 saturated heterocycles. The number of carbonyl (C=O) groups is 1. The van der Waals surface area contributed by atoms with Gasteiger partial charge in [-0.15, -0.1) is 10.2 Å². The first kappa shape index (κ1) is 17.7. The molecule has 8 nitrogen and oxygen atoms in total. The Bertz CT molecular complexity index is 981. The number of aryl methyl sites for hydroxylation is 1. The Labute approximate surface area is 153 Å². The summed E-state index contributed by atoms with van der Waals surface area (Å²) in [5.41, 5.74) is 1.03. The minimum atomic E-state index is -0.801. The average molecular weight is 371 g/mol. The first-order valence-electron chi connectivity index (χ1n) is 7.83. The minimum Gasteiger partial charge on any atom is -0.497 e. The van der Waals surface area contributed by atoms with Gasteiger partial charge in [0.2, 0.25) is 5.13 Å². The Morgan fingerprint density at radius 1 is 1.19 bits per heavy atom. The van der Waals surface area contributed by atoms with Crippen LogP contribution in [-0.2, 0) is 4.79 Å². The van der Waals surface area contributed by atoms with Gasteiger partial charge in [-0.25, -0.2) is 4.68 Å². The van der Waals surface area contributed by atoms with Crippen LogP contribution < -0.4 is 15.6 Å². The van der Waals surface area contributed by atoms with E-state index in [4.69, 9.17) is 4.74 Å². The van der Waals surface area contributed by atoms with Gasteiger partial charge in [0.15, 0.2) is 0 Å². The number of amides is 1. The van der Waals surface area contributed by atoms with E-state index in [-0.39, 0.29) is 11.5 Å². The molecule has 0 radical (unpaired) electrons. The van der Waals surface area contributed by atoms with Crippen LogP contribution in [0.1, 0.15) is 18.0 Å². The number of carbonyl (C=O) groups excluding carboxylic acids is 1. The molecule has 0 aliphatic heterocycles. The van der Waals surface area contributed by atoms with Crippen molar-refractivity contribution in [2.75, 3.05) is 12.4 Å². The van der Waals surface area contributed by atoms with E-state index in [2.05, 4.69) is 20.6 Å². The molecule has 9 heteroatoms. The predicted octanol–water partition coefficient (Wildman–Crippen LogP) is 2.28. The van der Waals surface area contributed by atoms with Crippen molar-refractivity contribution in [2.45, 2.75) is 19.9 Å². The highest BCUT2D eigenvalue weighted by Crippen LogP contribution is 2.20. The molecule has 1 amide bonds. The largest absolute Gasteiger partial charge is 0.497 e. The monoisotopic (exact) mass is 371 g/mol. The molecule has 1 N–H and O–H groups in total. The van der Waals surface area contributed by atoms with Gasteiger partial charge in [0.05, 0.1) is 12.8 Å². The van der Waals surface area contributed by atoms with Crippen LogP contribution in [0.4, 0.5) is 5.13 Å². The van der Waals surface area contributed by atoms with Crippen molar-refractivity contribution in [2.24, 2.45) is 0 Å². The van der Waals surface area contributed by atoms with Crippen molar-refractivity contribution in [3.63, 3.8) is 0 Å². The molecule has 0 bridgehead atoms. The lowest BCUT2D eigenvalue weighted by Gasteiger charge is -2.14. The molecule has 0 spiro atoms. The van der Waals surface area contributed by atoms with Crippen molar-refractivity contribution < 1.29 is 9.53 Å². The van der Waals surface area contributed by atoms with E-state index in [9.17, 15) is 9.59 Å². The highest BCUT2D eigenvalue weighted by molar-refractivity contribution is 7.15. The van der Waals surface area contributed by atoms with Crippen LogP contribution in [0.3, 0.4) is 0 Å². The van der Waals surface area contributed by atoms with Gasteiger partial charge in [0.1, 0.15) is 16.8 Å². The van der Waals surface area contributed by atoms with Crippen molar-refractivity contribution >= 4 is 22.4 Å². The first-order valence-corrected chi connectivity index (χ1v) is 8.65. The van der Waals surface area contributed by atoms with Gasteiger partial charge < -0.3 is 4.74 Å². The molecule has 26 heavy (non-hydrogen) atoms. The summed E-state index contributed by atoms with van der Waals surface area (Å²) in [6.07, 6.45) is 0. The summed E-state index contributed by atoms with van der Waals surface area (Å²) >= 11 is 1.26. The van der Waals surface area contributed by atoms with Crippen LogP contribution in [0.25, 0.3) is 11.3 Å². The molecule has 0 saturated carbocycles. The van der Waals surface area contributed by atoms with E-state index >= 15 is 0 Å². The molecule has 3 rings (SSSR count). The summed E-state index contributed by atoms with van der Waals surface area (Å²) in [5, 5.41) is 15.8. The van der Waals surface area contributed by atoms with E-state index in [0.29, 0.717) is 10.8 Å². The summed E-state index contributed by atoms with van der Waals surface area (Å²) in [6, 6.07) is 9.51. The third-order valence-electron chi connectivity index (χ3n) is 3.71. The SMILES string of the molecule is COc1ccc(-c2ccc(=O)n(C(C)C(=O)Nc3nnc(C)s3)n2)cc1. The second kappa shape index (κ2) is 7.44. The van der Waals surface area contributed by atoms with Crippen LogP contribution in [0.5, 0.6) is 5.75 Å². The summed E-state index contributed by atoms with van der Waals surface area (Å²) in [7, 11) is 1.59. The first-order chi connectivity index (χ1) is 12.5. The molecule has 1 atom stereocenters. The standard InChI is InChI=1S/C17H17N5O3S/c1-10(16(24)18-17-20-19-11(2)26-17)22-15(23)9-8-14(21-22)12-4-6-13(25-3)7-5-12/h4-10H,1-3H3,(H,18,20,24). The van der Waals surface area contributed by atoms with E-state index in [1.165, 1.54) is 17.4 Å². The molecule has 2 aromatic heterocycles. The summed E-state index contributed by atoms with van der Waals surface area (Å²) in [6.45, 7) is 3.40. The lowest BCUT2D eigenvalue weighted by atomic mass is 10.1. The van der Waals surface area contributed by atoms with Crippen LogP contribution in [-0.4, -0.2) is 33.0 Å². The molecule has 3 aromatic rings. The molecular formula is C17H17N5O3S. The van der Waals surface area contributed by atoms with Gasteiger partial charge in [-0.05, 0) is 44.2 Å². The van der Waals surface area contributed by atoms with E-state index in [1.54, 1.807) is 39.2 Å². The zero-order chi connectivity index (χ0) is 18.7. The number of hydrogen-bond donors (Lipinski definition) is 1. The maximum Gasteiger partial charge on any atom is 0.267 e. The number of nitrogens with one attached hydrogen (secondary N) is 1. The summed E-state index contributed by atoms with van der Waals surface area (Å²) in [5.74, 6) is 0.338. The Kier molecular flexibility index (Phi) is 5.08. The predicted molar refractivity (Wildman–Crippen MR) is 98.5 cm³/mol. The van der Waals surface area contributed by atoms with Gasteiger partial charge in [0, 0.05) is 11.6 Å². The van der Waals surface area contributed by atoms with Crippen LogP contribution >= 0.6 is 11.3 Å².